The number of fused-ring (bicyclic) bond motifs is 1. The summed E-state index contributed by atoms with van der Waals surface area (Å²) in [5.74, 6) is -0.416. The van der Waals surface area contributed by atoms with Gasteiger partial charge in [0.1, 0.15) is 0 Å². The van der Waals surface area contributed by atoms with Gasteiger partial charge >= 0.3 is 0 Å². The summed E-state index contributed by atoms with van der Waals surface area (Å²) in [4.78, 5) is 13.9. The number of primary amides is 1. The van der Waals surface area contributed by atoms with E-state index in [1.54, 1.807) is 5.57 Å². The Morgan fingerprint density at radius 2 is 2.25 bits per heavy atom. The van der Waals surface area contributed by atoms with E-state index >= 15 is 0 Å². The molecule has 5 heteroatoms. The van der Waals surface area contributed by atoms with Gasteiger partial charge < -0.3 is 5.73 Å². The molecule has 0 bridgehead atoms. The number of amides is 1. The first kappa shape index (κ1) is 13.4. The summed E-state index contributed by atoms with van der Waals surface area (Å²) in [6.45, 7) is 2.84. The third kappa shape index (κ3) is 2.50. The van der Waals surface area contributed by atoms with Crippen LogP contribution in [0.25, 0.3) is 0 Å². The molecule has 1 aliphatic carbocycles. The van der Waals surface area contributed by atoms with Crippen molar-refractivity contribution in [2.24, 2.45) is 12.8 Å². The van der Waals surface area contributed by atoms with Gasteiger partial charge in [0.15, 0.2) is 5.69 Å². The Hall–Kier alpha value is -1.62. The molecule has 1 aromatic heterocycles. The summed E-state index contributed by atoms with van der Waals surface area (Å²) < 4.78 is 1.81. The molecule has 0 unspecified atom stereocenters. The summed E-state index contributed by atoms with van der Waals surface area (Å²) in [6, 6.07) is 0. The van der Waals surface area contributed by atoms with E-state index in [2.05, 4.69) is 16.1 Å². The van der Waals surface area contributed by atoms with Crippen molar-refractivity contribution < 1.29 is 4.79 Å². The molecule has 20 heavy (non-hydrogen) atoms. The molecule has 108 valence electrons. The molecule has 2 heterocycles. The number of nitrogens with two attached hydrogens (primary N) is 1. The second-order valence-corrected chi connectivity index (χ2v) is 5.83. The van der Waals surface area contributed by atoms with E-state index in [4.69, 9.17) is 5.73 Å². The van der Waals surface area contributed by atoms with Crippen LogP contribution >= 0.6 is 0 Å². The van der Waals surface area contributed by atoms with Crippen LogP contribution in [0.1, 0.15) is 47.4 Å². The molecular weight excluding hydrogens is 252 g/mol. The fourth-order valence-electron chi connectivity index (χ4n) is 3.32. The molecule has 1 aliphatic heterocycles. The molecule has 1 amide bonds. The van der Waals surface area contributed by atoms with E-state index in [9.17, 15) is 4.79 Å². The molecule has 0 spiro atoms. The molecular formula is C15H22N4O. The lowest BCUT2D eigenvalue weighted by Crippen LogP contribution is -2.33. The van der Waals surface area contributed by atoms with E-state index in [0.717, 1.165) is 37.3 Å². The molecule has 1 aromatic rings. The smallest absolute Gasteiger partial charge is 0.269 e. The van der Waals surface area contributed by atoms with Crippen molar-refractivity contribution in [3.05, 3.63) is 28.6 Å². The minimum absolute atomic E-state index is 0.416. The standard InChI is InChI=1S/C15H22N4O/c1-18-13-7-8-19(9-11-5-3-2-4-6-11)10-12(13)14(17-18)15(16)20/h5H,2-4,6-10H2,1H3,(H2,16,20). The Balaban J connectivity index is 1.77. The molecule has 0 aromatic carbocycles. The van der Waals surface area contributed by atoms with Crippen LogP contribution in [-0.2, 0) is 20.0 Å². The number of carbonyl (C=O) groups excluding carboxylic acids is 1. The lowest BCUT2D eigenvalue weighted by molar-refractivity contribution is 0.0993. The van der Waals surface area contributed by atoms with E-state index in [1.165, 1.54) is 25.7 Å². The van der Waals surface area contributed by atoms with Crippen LogP contribution < -0.4 is 5.73 Å². The molecule has 0 saturated heterocycles. The number of hydrogen-bond acceptors (Lipinski definition) is 3. The molecule has 2 aliphatic rings. The molecule has 5 nitrogen and oxygen atoms in total. The lowest BCUT2D eigenvalue weighted by atomic mass is 9.98. The maximum atomic E-state index is 11.5. The van der Waals surface area contributed by atoms with Crippen LogP contribution in [0.3, 0.4) is 0 Å². The third-order valence-corrected chi connectivity index (χ3v) is 4.37. The van der Waals surface area contributed by atoms with Crippen molar-refractivity contribution in [1.82, 2.24) is 14.7 Å². The Bertz CT molecular complexity index is 558. The van der Waals surface area contributed by atoms with Gasteiger partial charge in [-0.15, -0.1) is 0 Å². The number of allylic oxidation sites excluding steroid dienone is 1. The highest BCUT2D eigenvalue weighted by atomic mass is 16.1. The molecule has 2 N–H and O–H groups in total. The minimum atomic E-state index is -0.416. The van der Waals surface area contributed by atoms with E-state index < -0.39 is 5.91 Å². The zero-order chi connectivity index (χ0) is 14.1. The Morgan fingerprint density at radius 1 is 1.40 bits per heavy atom. The van der Waals surface area contributed by atoms with Gasteiger partial charge in [-0.2, -0.15) is 5.10 Å². The first-order chi connectivity index (χ1) is 9.65. The minimum Gasteiger partial charge on any atom is -0.364 e. The van der Waals surface area contributed by atoms with Crippen molar-refractivity contribution >= 4 is 5.91 Å². The normalized spacial score (nSPS) is 19.6. The highest BCUT2D eigenvalue weighted by molar-refractivity contribution is 5.92. The summed E-state index contributed by atoms with van der Waals surface area (Å²) >= 11 is 0. The number of aromatic nitrogens is 2. The highest BCUT2D eigenvalue weighted by Gasteiger charge is 2.26. The lowest BCUT2D eigenvalue weighted by Gasteiger charge is -2.29. The van der Waals surface area contributed by atoms with E-state index in [0.29, 0.717) is 5.69 Å². The maximum Gasteiger partial charge on any atom is 0.269 e. The van der Waals surface area contributed by atoms with Crippen molar-refractivity contribution in [3.8, 4) is 0 Å². The van der Waals surface area contributed by atoms with Gasteiger partial charge in [0.05, 0.1) is 0 Å². The number of carbonyl (C=O) groups is 1. The summed E-state index contributed by atoms with van der Waals surface area (Å²) in [5.41, 5.74) is 9.62. The molecule has 0 saturated carbocycles. The predicted molar refractivity (Wildman–Crippen MR) is 77.3 cm³/mol. The zero-order valence-electron chi connectivity index (χ0n) is 12.1. The van der Waals surface area contributed by atoms with Gasteiger partial charge in [-0.1, -0.05) is 11.6 Å². The van der Waals surface area contributed by atoms with Crippen molar-refractivity contribution in [2.75, 3.05) is 13.1 Å². The number of hydrogen-bond donors (Lipinski definition) is 1. The molecule has 0 fully saturated rings. The van der Waals surface area contributed by atoms with Crippen molar-refractivity contribution in [2.45, 2.75) is 38.6 Å². The van der Waals surface area contributed by atoms with Crippen LogP contribution in [0, 0.1) is 0 Å². The fourth-order valence-corrected chi connectivity index (χ4v) is 3.32. The first-order valence-electron chi connectivity index (χ1n) is 7.40. The van der Waals surface area contributed by atoms with Crippen LogP contribution in [0.2, 0.25) is 0 Å². The highest BCUT2D eigenvalue weighted by Crippen LogP contribution is 2.24. The Morgan fingerprint density at radius 3 is 2.95 bits per heavy atom. The second kappa shape index (κ2) is 5.40. The average Bonchev–Trinajstić information content (AvgIpc) is 2.77. The SMILES string of the molecule is Cn1nc(C(N)=O)c2c1CCN(CC1=CCCCC1)C2. The zero-order valence-corrected chi connectivity index (χ0v) is 12.1. The molecule has 0 atom stereocenters. The largest absolute Gasteiger partial charge is 0.364 e. The fraction of sp³-hybridized carbons (Fsp3) is 0.600. The van der Waals surface area contributed by atoms with E-state index in [-0.39, 0.29) is 0 Å². The Labute approximate surface area is 119 Å². The Kier molecular flexibility index (Phi) is 3.61. The quantitative estimate of drug-likeness (QED) is 0.847. The van der Waals surface area contributed by atoms with Crippen LogP contribution in [-0.4, -0.2) is 33.7 Å². The second-order valence-electron chi connectivity index (χ2n) is 5.83. The van der Waals surface area contributed by atoms with E-state index in [1.807, 2.05) is 11.7 Å². The van der Waals surface area contributed by atoms with Gasteiger partial charge in [-0.05, 0) is 25.7 Å². The number of nitrogens with zero attached hydrogens (tertiary/aromatic N) is 3. The summed E-state index contributed by atoms with van der Waals surface area (Å²) in [6.07, 6.45) is 8.40. The summed E-state index contributed by atoms with van der Waals surface area (Å²) in [7, 11) is 1.89. The van der Waals surface area contributed by atoms with Crippen molar-refractivity contribution in [1.29, 1.82) is 0 Å². The maximum absolute atomic E-state index is 11.5. The first-order valence-corrected chi connectivity index (χ1v) is 7.40. The molecule has 0 radical (unpaired) electrons. The van der Waals surface area contributed by atoms with Crippen LogP contribution in [0.15, 0.2) is 11.6 Å². The number of aryl methyl sites for hydroxylation is 1. The predicted octanol–water partition coefficient (Wildman–Crippen LogP) is 1.38. The van der Waals surface area contributed by atoms with Gasteiger partial charge in [-0.25, -0.2) is 0 Å². The number of rotatable bonds is 3. The van der Waals surface area contributed by atoms with Gasteiger partial charge in [0.2, 0.25) is 0 Å². The topological polar surface area (TPSA) is 64.2 Å². The average molecular weight is 274 g/mol. The van der Waals surface area contributed by atoms with Crippen molar-refractivity contribution in [3.63, 3.8) is 0 Å². The van der Waals surface area contributed by atoms with Crippen LogP contribution in [0.5, 0.6) is 0 Å². The third-order valence-electron chi connectivity index (χ3n) is 4.37. The summed E-state index contributed by atoms with van der Waals surface area (Å²) in [5, 5.41) is 4.27. The monoisotopic (exact) mass is 274 g/mol. The van der Waals surface area contributed by atoms with Gasteiger partial charge in [-0.3, -0.25) is 14.4 Å². The molecule has 3 rings (SSSR count). The van der Waals surface area contributed by atoms with Gasteiger partial charge in [0, 0.05) is 44.4 Å². The van der Waals surface area contributed by atoms with Gasteiger partial charge in [0.25, 0.3) is 5.91 Å². The van der Waals surface area contributed by atoms with Crippen LogP contribution in [0.4, 0.5) is 0 Å².